The molecule has 2 aliphatic rings. The van der Waals surface area contributed by atoms with E-state index in [1.165, 1.54) is 0 Å². The molecule has 1 aromatic carbocycles. The minimum absolute atomic E-state index is 0.199. The summed E-state index contributed by atoms with van der Waals surface area (Å²) in [5.41, 5.74) is -1.55. The highest BCUT2D eigenvalue weighted by Gasteiger charge is 2.80. The van der Waals surface area contributed by atoms with Gasteiger partial charge in [-0.2, -0.15) is 0 Å². The van der Waals surface area contributed by atoms with Crippen LogP contribution < -0.4 is 9.47 Å². The van der Waals surface area contributed by atoms with Crippen molar-refractivity contribution in [3.05, 3.63) is 23.8 Å². The number of piperidine rings is 1. The standard InChI is InChI=1S/C16H19NO6/c1-22-11-4-3-5-12(23-2)10(11)6-17-8-15(13(18)19)7-16(15,9-17)14(20)21/h3-5H,6-9H2,1-2H3,(H,18,19)(H,20,21)/t15-,16+. The molecule has 2 atom stereocenters. The van der Waals surface area contributed by atoms with E-state index in [0.717, 1.165) is 5.56 Å². The Labute approximate surface area is 133 Å². The lowest BCUT2D eigenvalue weighted by Crippen LogP contribution is -2.28. The van der Waals surface area contributed by atoms with Gasteiger partial charge in [0.15, 0.2) is 0 Å². The summed E-state index contributed by atoms with van der Waals surface area (Å²) in [6.07, 6.45) is 0.199. The second-order valence-electron chi connectivity index (χ2n) is 6.24. The van der Waals surface area contributed by atoms with Gasteiger partial charge in [-0.1, -0.05) is 6.07 Å². The van der Waals surface area contributed by atoms with Crippen LogP contribution in [0.5, 0.6) is 11.5 Å². The van der Waals surface area contributed by atoms with E-state index in [1.807, 2.05) is 4.90 Å². The fraction of sp³-hybridized carbons (Fsp3) is 0.500. The molecular weight excluding hydrogens is 302 g/mol. The number of fused-ring (bicyclic) bond motifs is 1. The van der Waals surface area contributed by atoms with E-state index in [9.17, 15) is 19.8 Å². The largest absolute Gasteiger partial charge is 0.496 e. The first-order chi connectivity index (χ1) is 10.9. The van der Waals surface area contributed by atoms with Gasteiger partial charge in [-0.15, -0.1) is 0 Å². The van der Waals surface area contributed by atoms with Crippen molar-refractivity contribution >= 4 is 11.9 Å². The van der Waals surface area contributed by atoms with Crippen LogP contribution in [0.15, 0.2) is 18.2 Å². The SMILES string of the molecule is COc1cccc(OC)c1CN1C[C@@]2(C(=O)O)C[C@@]2(C(=O)O)C1. The number of hydrogen-bond donors (Lipinski definition) is 2. The van der Waals surface area contributed by atoms with Crippen molar-refractivity contribution < 1.29 is 29.3 Å². The molecule has 1 heterocycles. The van der Waals surface area contributed by atoms with Crippen LogP contribution in [0.3, 0.4) is 0 Å². The van der Waals surface area contributed by atoms with Gasteiger partial charge >= 0.3 is 11.9 Å². The number of carboxylic acids is 2. The zero-order valence-corrected chi connectivity index (χ0v) is 13.0. The molecule has 0 unspecified atom stereocenters. The van der Waals surface area contributed by atoms with Crippen LogP contribution in [0, 0.1) is 10.8 Å². The number of rotatable bonds is 6. The minimum atomic E-state index is -1.17. The van der Waals surface area contributed by atoms with Gasteiger partial charge in [-0.25, -0.2) is 0 Å². The Morgan fingerprint density at radius 3 is 1.96 bits per heavy atom. The maximum absolute atomic E-state index is 11.6. The van der Waals surface area contributed by atoms with Crippen molar-refractivity contribution in [2.24, 2.45) is 10.8 Å². The lowest BCUT2D eigenvalue weighted by molar-refractivity contribution is -0.151. The zero-order valence-electron chi connectivity index (χ0n) is 13.0. The van der Waals surface area contributed by atoms with Crippen LogP contribution in [0.1, 0.15) is 12.0 Å². The Hall–Kier alpha value is -2.28. The molecule has 23 heavy (non-hydrogen) atoms. The molecule has 1 saturated carbocycles. The monoisotopic (exact) mass is 321 g/mol. The number of ether oxygens (including phenoxy) is 2. The topological polar surface area (TPSA) is 96.3 Å². The van der Waals surface area contributed by atoms with Crippen molar-refractivity contribution in [3.63, 3.8) is 0 Å². The van der Waals surface area contributed by atoms with Crippen LogP contribution in [0.25, 0.3) is 0 Å². The lowest BCUT2D eigenvalue weighted by Gasteiger charge is -2.22. The third-order valence-electron chi connectivity index (χ3n) is 5.11. The number of benzene rings is 1. The maximum atomic E-state index is 11.6. The van der Waals surface area contributed by atoms with E-state index >= 15 is 0 Å². The summed E-state index contributed by atoms with van der Waals surface area (Å²) in [6.45, 7) is 0.822. The summed E-state index contributed by atoms with van der Waals surface area (Å²) >= 11 is 0. The molecule has 2 N–H and O–H groups in total. The summed E-state index contributed by atoms with van der Waals surface area (Å²) in [5.74, 6) is -0.791. The summed E-state index contributed by atoms with van der Waals surface area (Å²) in [7, 11) is 3.11. The van der Waals surface area contributed by atoms with Crippen molar-refractivity contribution in [1.82, 2.24) is 4.90 Å². The Morgan fingerprint density at radius 2 is 1.57 bits per heavy atom. The van der Waals surface area contributed by atoms with E-state index in [0.29, 0.717) is 18.0 Å². The van der Waals surface area contributed by atoms with Gasteiger partial charge in [0.25, 0.3) is 0 Å². The maximum Gasteiger partial charge on any atom is 0.312 e. The van der Waals surface area contributed by atoms with Gasteiger partial charge in [0.1, 0.15) is 11.5 Å². The zero-order chi connectivity index (χ0) is 16.8. The van der Waals surface area contributed by atoms with Gasteiger partial charge in [0, 0.05) is 19.6 Å². The summed E-state index contributed by atoms with van der Waals surface area (Å²) in [6, 6.07) is 5.41. The molecule has 1 saturated heterocycles. The van der Waals surface area contributed by atoms with E-state index in [4.69, 9.17) is 9.47 Å². The molecule has 0 amide bonds. The van der Waals surface area contributed by atoms with Crippen LogP contribution >= 0.6 is 0 Å². The number of methoxy groups -OCH3 is 2. The van der Waals surface area contributed by atoms with E-state index < -0.39 is 22.8 Å². The highest BCUT2D eigenvalue weighted by Crippen LogP contribution is 2.68. The third-order valence-corrected chi connectivity index (χ3v) is 5.11. The fourth-order valence-corrected chi connectivity index (χ4v) is 3.82. The molecule has 7 heteroatoms. The minimum Gasteiger partial charge on any atom is -0.496 e. The van der Waals surface area contributed by atoms with Crippen LogP contribution in [0.4, 0.5) is 0 Å². The van der Waals surface area contributed by atoms with Gasteiger partial charge in [0.2, 0.25) is 0 Å². The number of hydrogen-bond acceptors (Lipinski definition) is 5. The number of carboxylic acid groups (broad SMARTS) is 2. The highest BCUT2D eigenvalue weighted by atomic mass is 16.5. The Kier molecular flexibility index (Phi) is 3.48. The van der Waals surface area contributed by atoms with Crippen LogP contribution in [-0.4, -0.2) is 54.4 Å². The number of nitrogens with zero attached hydrogens (tertiary/aromatic N) is 1. The van der Waals surface area contributed by atoms with Crippen LogP contribution in [-0.2, 0) is 16.1 Å². The molecule has 124 valence electrons. The van der Waals surface area contributed by atoms with Gasteiger partial charge in [-0.05, 0) is 18.6 Å². The van der Waals surface area contributed by atoms with Gasteiger partial charge in [-0.3, -0.25) is 14.5 Å². The first kappa shape index (κ1) is 15.6. The van der Waals surface area contributed by atoms with Crippen LogP contribution in [0.2, 0.25) is 0 Å². The second kappa shape index (κ2) is 5.13. The van der Waals surface area contributed by atoms with Crippen molar-refractivity contribution in [2.45, 2.75) is 13.0 Å². The summed E-state index contributed by atoms with van der Waals surface area (Å²) < 4.78 is 10.7. The number of carbonyl (C=O) groups is 2. The molecule has 1 aliphatic carbocycles. The molecule has 0 radical (unpaired) electrons. The quantitative estimate of drug-likeness (QED) is 0.809. The normalized spacial score (nSPS) is 29.0. The smallest absolute Gasteiger partial charge is 0.312 e. The fourth-order valence-electron chi connectivity index (χ4n) is 3.82. The molecule has 2 fully saturated rings. The van der Waals surface area contributed by atoms with E-state index in [2.05, 4.69) is 0 Å². The predicted octanol–water partition coefficient (Wildman–Crippen LogP) is 1.07. The van der Waals surface area contributed by atoms with Gasteiger partial charge < -0.3 is 19.7 Å². The number of aliphatic carboxylic acids is 2. The second-order valence-corrected chi connectivity index (χ2v) is 6.24. The molecule has 0 spiro atoms. The molecule has 0 bridgehead atoms. The molecule has 1 aliphatic heterocycles. The first-order valence-electron chi connectivity index (χ1n) is 7.29. The molecule has 7 nitrogen and oxygen atoms in total. The third kappa shape index (κ3) is 2.07. The van der Waals surface area contributed by atoms with Gasteiger partial charge in [0.05, 0.1) is 30.6 Å². The summed E-state index contributed by atoms with van der Waals surface area (Å²) in [4.78, 5) is 25.0. The molecule has 3 rings (SSSR count). The Bertz CT molecular complexity index is 624. The lowest BCUT2D eigenvalue weighted by atomic mass is 9.97. The average molecular weight is 321 g/mol. The van der Waals surface area contributed by atoms with Crippen molar-refractivity contribution in [2.75, 3.05) is 27.3 Å². The highest BCUT2D eigenvalue weighted by molar-refractivity contribution is 5.94. The molecule has 0 aromatic heterocycles. The molecular formula is C16H19NO6. The van der Waals surface area contributed by atoms with E-state index in [1.54, 1.807) is 32.4 Å². The Balaban J connectivity index is 1.87. The van der Waals surface area contributed by atoms with Crippen molar-refractivity contribution in [3.8, 4) is 11.5 Å². The average Bonchev–Trinajstić information content (AvgIpc) is 3.07. The predicted molar refractivity (Wildman–Crippen MR) is 79.6 cm³/mol. The van der Waals surface area contributed by atoms with E-state index in [-0.39, 0.29) is 19.5 Å². The first-order valence-corrected chi connectivity index (χ1v) is 7.29. The number of likely N-dealkylation sites (tertiary alicyclic amines) is 1. The molecule has 1 aromatic rings. The Morgan fingerprint density at radius 1 is 1.09 bits per heavy atom. The summed E-state index contributed by atoms with van der Waals surface area (Å²) in [5, 5.41) is 18.9. The van der Waals surface area contributed by atoms with Crippen molar-refractivity contribution in [1.29, 1.82) is 0 Å².